The van der Waals surface area contributed by atoms with E-state index in [-0.39, 0.29) is 12.6 Å². The average molecular weight is 332 g/mol. The fraction of sp³-hybridized carbons (Fsp3) is 0.150. The fourth-order valence-corrected chi connectivity index (χ4v) is 2.75. The molecule has 5 heteroatoms. The van der Waals surface area contributed by atoms with Gasteiger partial charge in [-0.3, -0.25) is 4.79 Å². The minimum atomic E-state index is -0.635. The smallest absolute Gasteiger partial charge is 0.417 e. The molecule has 2 amide bonds. The van der Waals surface area contributed by atoms with E-state index in [2.05, 4.69) is 6.07 Å². The van der Waals surface area contributed by atoms with Crippen LogP contribution in [0.4, 0.5) is 4.79 Å². The van der Waals surface area contributed by atoms with Crippen molar-refractivity contribution < 1.29 is 14.3 Å². The summed E-state index contributed by atoms with van der Waals surface area (Å²) in [6.07, 6.45) is 2.76. The van der Waals surface area contributed by atoms with E-state index in [4.69, 9.17) is 10.00 Å². The first-order valence-corrected chi connectivity index (χ1v) is 7.90. The molecule has 2 aromatic carbocycles. The van der Waals surface area contributed by atoms with Crippen LogP contribution in [0.2, 0.25) is 0 Å². The van der Waals surface area contributed by atoms with Crippen molar-refractivity contribution in [3.8, 4) is 6.07 Å². The Balaban J connectivity index is 1.76. The number of nitriles is 1. The van der Waals surface area contributed by atoms with Crippen LogP contribution < -0.4 is 0 Å². The Kier molecular flexibility index (Phi) is 4.91. The summed E-state index contributed by atoms with van der Waals surface area (Å²) in [6, 6.07) is 18.3. The zero-order chi connectivity index (χ0) is 17.6. The molecule has 1 fully saturated rings. The molecular formula is C20H16N2O3. The van der Waals surface area contributed by atoms with Gasteiger partial charge in [-0.1, -0.05) is 48.5 Å². The molecule has 0 N–H and O–H groups in total. The quantitative estimate of drug-likeness (QED) is 0.806. The number of carbonyl (C=O) groups is 2. The van der Waals surface area contributed by atoms with E-state index in [0.29, 0.717) is 17.5 Å². The Morgan fingerprint density at radius 3 is 2.68 bits per heavy atom. The third kappa shape index (κ3) is 3.75. The molecule has 1 aliphatic heterocycles. The van der Waals surface area contributed by atoms with Crippen molar-refractivity contribution in [2.24, 2.45) is 0 Å². The molecule has 0 aromatic heterocycles. The monoisotopic (exact) mass is 332 g/mol. The topological polar surface area (TPSA) is 70.4 Å². The third-order valence-corrected chi connectivity index (χ3v) is 4.00. The van der Waals surface area contributed by atoms with Gasteiger partial charge in [0.25, 0.3) is 5.91 Å². The van der Waals surface area contributed by atoms with Gasteiger partial charge in [0.15, 0.2) is 0 Å². The van der Waals surface area contributed by atoms with Gasteiger partial charge >= 0.3 is 6.09 Å². The Morgan fingerprint density at radius 2 is 1.92 bits per heavy atom. The zero-order valence-corrected chi connectivity index (χ0v) is 13.5. The lowest BCUT2D eigenvalue weighted by atomic mass is 10.1. The van der Waals surface area contributed by atoms with E-state index < -0.39 is 12.0 Å². The Hall–Kier alpha value is -3.39. The van der Waals surface area contributed by atoms with Crippen molar-refractivity contribution in [1.29, 1.82) is 5.26 Å². The average Bonchev–Trinajstić information content (AvgIpc) is 3.01. The second-order valence-corrected chi connectivity index (χ2v) is 5.66. The molecule has 0 bridgehead atoms. The maximum atomic E-state index is 12.5. The molecule has 124 valence electrons. The van der Waals surface area contributed by atoms with Crippen LogP contribution >= 0.6 is 0 Å². The second kappa shape index (κ2) is 7.45. The van der Waals surface area contributed by atoms with E-state index in [1.165, 1.54) is 6.08 Å². The molecule has 5 nitrogen and oxygen atoms in total. The molecule has 1 atom stereocenters. The van der Waals surface area contributed by atoms with Gasteiger partial charge in [0.2, 0.25) is 0 Å². The first-order valence-electron chi connectivity index (χ1n) is 7.90. The van der Waals surface area contributed by atoms with Gasteiger partial charge < -0.3 is 4.74 Å². The normalized spacial score (nSPS) is 16.7. The van der Waals surface area contributed by atoms with Gasteiger partial charge in [-0.05, 0) is 29.7 Å². The molecule has 0 spiro atoms. The maximum absolute atomic E-state index is 12.5. The maximum Gasteiger partial charge on any atom is 0.417 e. The Bertz CT molecular complexity index is 853. The summed E-state index contributed by atoms with van der Waals surface area (Å²) in [5.41, 5.74) is 2.13. The summed E-state index contributed by atoms with van der Waals surface area (Å²) in [7, 11) is 0. The van der Waals surface area contributed by atoms with Crippen LogP contribution in [-0.4, -0.2) is 29.5 Å². The van der Waals surface area contributed by atoms with Crippen LogP contribution in [0, 0.1) is 11.3 Å². The number of amides is 2. The van der Waals surface area contributed by atoms with Gasteiger partial charge in [0.1, 0.15) is 6.61 Å². The third-order valence-electron chi connectivity index (χ3n) is 4.00. The molecule has 0 saturated carbocycles. The van der Waals surface area contributed by atoms with Crippen molar-refractivity contribution in [2.45, 2.75) is 12.5 Å². The van der Waals surface area contributed by atoms with Crippen LogP contribution in [-0.2, 0) is 16.0 Å². The Labute approximate surface area is 145 Å². The molecule has 1 saturated heterocycles. The highest BCUT2D eigenvalue weighted by Gasteiger charge is 2.36. The highest BCUT2D eigenvalue weighted by atomic mass is 16.6. The van der Waals surface area contributed by atoms with E-state index in [1.54, 1.807) is 30.3 Å². The lowest BCUT2D eigenvalue weighted by Gasteiger charge is -2.18. The number of hydrogen-bond acceptors (Lipinski definition) is 4. The van der Waals surface area contributed by atoms with E-state index in [1.807, 2.05) is 30.3 Å². The van der Waals surface area contributed by atoms with Crippen molar-refractivity contribution >= 4 is 18.1 Å². The standard InChI is InChI=1S/C20H16N2O3/c21-13-17-9-5-4-8-16(17)10-11-19(23)22-18(14-25-20(22)24)12-15-6-2-1-3-7-15/h1-11,18H,12,14H2/b11-10+/t18-/m0/s1. The summed E-state index contributed by atoms with van der Waals surface area (Å²) < 4.78 is 5.05. The number of benzene rings is 2. The lowest BCUT2D eigenvalue weighted by molar-refractivity contribution is -0.124. The second-order valence-electron chi connectivity index (χ2n) is 5.66. The number of cyclic esters (lactones) is 1. The number of ether oxygens (including phenoxy) is 1. The first kappa shape index (κ1) is 16.5. The largest absolute Gasteiger partial charge is 0.447 e. The highest BCUT2D eigenvalue weighted by Crippen LogP contribution is 2.18. The lowest BCUT2D eigenvalue weighted by Crippen LogP contribution is -2.39. The van der Waals surface area contributed by atoms with Crippen LogP contribution in [0.3, 0.4) is 0 Å². The molecular weight excluding hydrogens is 316 g/mol. The summed E-state index contributed by atoms with van der Waals surface area (Å²) >= 11 is 0. The van der Waals surface area contributed by atoms with E-state index in [9.17, 15) is 9.59 Å². The highest BCUT2D eigenvalue weighted by molar-refractivity contribution is 6.02. The van der Waals surface area contributed by atoms with Gasteiger partial charge in [-0.2, -0.15) is 5.26 Å². The van der Waals surface area contributed by atoms with Crippen LogP contribution in [0.1, 0.15) is 16.7 Å². The van der Waals surface area contributed by atoms with Crippen LogP contribution in [0.5, 0.6) is 0 Å². The summed E-state index contributed by atoms with van der Waals surface area (Å²) in [5, 5.41) is 9.09. The number of nitrogens with zero attached hydrogens (tertiary/aromatic N) is 2. The van der Waals surface area contributed by atoms with Crippen molar-refractivity contribution in [1.82, 2.24) is 4.90 Å². The first-order chi connectivity index (χ1) is 12.2. The van der Waals surface area contributed by atoms with Crippen molar-refractivity contribution in [3.63, 3.8) is 0 Å². The number of hydrogen-bond donors (Lipinski definition) is 0. The summed E-state index contributed by atoms with van der Waals surface area (Å²) in [4.78, 5) is 25.6. The number of rotatable bonds is 4. The minimum Gasteiger partial charge on any atom is -0.447 e. The minimum absolute atomic E-state index is 0.183. The SMILES string of the molecule is N#Cc1ccccc1/C=C/C(=O)N1C(=O)OC[C@@H]1Cc1ccccc1. The fourth-order valence-electron chi connectivity index (χ4n) is 2.75. The predicted octanol–water partition coefficient (Wildman–Crippen LogP) is 3.16. The summed E-state index contributed by atoms with van der Waals surface area (Å²) in [5.74, 6) is -0.448. The zero-order valence-electron chi connectivity index (χ0n) is 13.5. The van der Waals surface area contributed by atoms with E-state index >= 15 is 0 Å². The van der Waals surface area contributed by atoms with Crippen molar-refractivity contribution in [3.05, 3.63) is 77.4 Å². The van der Waals surface area contributed by atoms with Crippen LogP contribution in [0.25, 0.3) is 6.08 Å². The van der Waals surface area contributed by atoms with Gasteiger partial charge in [-0.15, -0.1) is 0 Å². The molecule has 0 aliphatic carbocycles. The van der Waals surface area contributed by atoms with Gasteiger partial charge in [0, 0.05) is 6.08 Å². The molecule has 3 rings (SSSR count). The van der Waals surface area contributed by atoms with Gasteiger partial charge in [0.05, 0.1) is 17.7 Å². The molecule has 25 heavy (non-hydrogen) atoms. The molecule has 1 aliphatic rings. The van der Waals surface area contributed by atoms with Crippen molar-refractivity contribution in [2.75, 3.05) is 6.61 Å². The molecule has 0 radical (unpaired) electrons. The van der Waals surface area contributed by atoms with Crippen LogP contribution in [0.15, 0.2) is 60.7 Å². The Morgan fingerprint density at radius 1 is 1.20 bits per heavy atom. The molecule has 2 aromatic rings. The molecule has 0 unspecified atom stereocenters. The summed E-state index contributed by atoms with van der Waals surface area (Å²) in [6.45, 7) is 0.183. The molecule has 1 heterocycles. The number of imide groups is 1. The van der Waals surface area contributed by atoms with E-state index in [0.717, 1.165) is 10.5 Å². The number of carbonyl (C=O) groups excluding carboxylic acids is 2. The predicted molar refractivity (Wildman–Crippen MR) is 92.3 cm³/mol. The van der Waals surface area contributed by atoms with Gasteiger partial charge in [-0.25, -0.2) is 9.69 Å².